The second-order valence-electron chi connectivity index (χ2n) is 17.3. The van der Waals surface area contributed by atoms with Crippen molar-refractivity contribution in [3.05, 3.63) is 85.1 Å². The number of aliphatic hydroxyl groups excluding tert-OH is 5. The summed E-state index contributed by atoms with van der Waals surface area (Å²) < 4.78 is 49.3. The van der Waals surface area contributed by atoms with Crippen LogP contribution in [0.4, 0.5) is 0 Å². The average Bonchev–Trinajstić information content (AvgIpc) is 3.31. The maximum atomic E-state index is 13.0. The number of esters is 2. The first-order valence-corrected chi connectivity index (χ1v) is 28.3. The summed E-state index contributed by atoms with van der Waals surface area (Å²) in [5.74, 6) is -1.40. The molecule has 0 bridgehead atoms. The van der Waals surface area contributed by atoms with Crippen molar-refractivity contribution in [1.29, 1.82) is 0 Å². The molecular formula is C51H86O17P2. The molecule has 0 saturated heterocycles. The predicted molar refractivity (Wildman–Crippen MR) is 270 cm³/mol. The van der Waals surface area contributed by atoms with Crippen LogP contribution in [0.5, 0.6) is 0 Å². The van der Waals surface area contributed by atoms with Gasteiger partial charge in [0.1, 0.15) is 43.2 Å². The van der Waals surface area contributed by atoms with Gasteiger partial charge in [-0.1, -0.05) is 163 Å². The van der Waals surface area contributed by atoms with Gasteiger partial charge >= 0.3 is 27.6 Å². The minimum atomic E-state index is -5.39. The van der Waals surface area contributed by atoms with Gasteiger partial charge in [0.25, 0.3) is 0 Å². The summed E-state index contributed by atoms with van der Waals surface area (Å²) in [4.78, 5) is 54.4. The monoisotopic (exact) mass is 1030 g/mol. The van der Waals surface area contributed by atoms with Crippen LogP contribution < -0.4 is 0 Å². The summed E-state index contributed by atoms with van der Waals surface area (Å²) in [6, 6.07) is 0. The lowest BCUT2D eigenvalue weighted by atomic mass is 9.85. The summed E-state index contributed by atoms with van der Waals surface area (Å²) in [5.41, 5.74) is 0. The van der Waals surface area contributed by atoms with Crippen LogP contribution in [0, 0.1) is 0 Å². The standard InChI is InChI=1S/C51H86O17P2/c1-3-5-7-9-11-13-15-17-18-19-20-22-24-26-28-30-34-38-44(53)64-40-43(41-65-70(62,63)68-51-48(57)46(55)47(56)50(49(51)58)67-69(59,60)61)66-45(54)39-35-31-33-37-42(52)36-32-29-27-25-23-21-16-14-12-10-8-6-4-2/h6,8,12,14,17-18,21,23,27,29,31-33,36,42-43,46-52,55-58H,3-5,7,9-11,13,15-16,19-20,22,24-26,28,30,34-35,37-41H2,1-2H3,(H,62,63)(H2,59,60,61)/b8-6-,14-12-,18-17-,23-21-,29-27-,33-31-,36-32-/t42?,43-,46?,47?,48?,49?,50-,51+/m1/s1. The fourth-order valence-corrected chi connectivity index (χ4v) is 8.67. The van der Waals surface area contributed by atoms with E-state index in [1.807, 2.05) is 12.2 Å². The highest BCUT2D eigenvalue weighted by Gasteiger charge is 2.54. The van der Waals surface area contributed by atoms with E-state index in [0.717, 1.165) is 77.0 Å². The van der Waals surface area contributed by atoms with Crippen LogP contribution in [0.3, 0.4) is 0 Å². The SMILES string of the molecule is CC/C=C\C/C=C\C/C=C\C/C=C\C=C/C(O)C/C=C\CCC(=O)O[C@H](COC(=O)CCCCCCCCC/C=C\CCCCCCCC)COP(=O)(O)O[C@H]1C(O)C(O)C(O)[C@@H](OP(=O)(O)O)C1O. The molecule has 0 spiro atoms. The second-order valence-corrected chi connectivity index (χ2v) is 19.9. The number of carbonyl (C=O) groups excluding carboxylic acids is 2. The van der Waals surface area contributed by atoms with E-state index in [-0.39, 0.29) is 25.7 Å². The minimum absolute atomic E-state index is 0.0747. The van der Waals surface area contributed by atoms with Gasteiger partial charge in [-0.25, -0.2) is 9.13 Å². The fraction of sp³-hybridized carbons (Fsp3) is 0.686. The average molecular weight is 1030 g/mol. The number of phosphoric ester groups is 2. The fourth-order valence-electron chi connectivity index (χ4n) is 7.13. The molecule has 9 atom stereocenters. The Bertz CT molecular complexity index is 1690. The number of unbranched alkanes of at least 4 members (excludes halogenated alkanes) is 13. The Labute approximate surface area is 416 Å². The lowest BCUT2D eigenvalue weighted by molar-refractivity contribution is -0.216. The van der Waals surface area contributed by atoms with Crippen molar-refractivity contribution in [3.63, 3.8) is 0 Å². The molecule has 1 saturated carbocycles. The molecule has 6 unspecified atom stereocenters. The number of hydrogen-bond donors (Lipinski definition) is 8. The molecule has 0 heterocycles. The van der Waals surface area contributed by atoms with E-state index in [1.54, 1.807) is 24.3 Å². The Morgan fingerprint density at radius 3 is 1.66 bits per heavy atom. The molecule has 0 radical (unpaired) electrons. The number of rotatable bonds is 41. The molecule has 0 aromatic rings. The first-order chi connectivity index (χ1) is 33.5. The molecule has 0 amide bonds. The van der Waals surface area contributed by atoms with Crippen LogP contribution >= 0.6 is 15.6 Å². The van der Waals surface area contributed by atoms with E-state index in [2.05, 4.69) is 67.0 Å². The summed E-state index contributed by atoms with van der Waals surface area (Å²) in [7, 11) is -10.8. The molecule has 1 aliphatic carbocycles. The van der Waals surface area contributed by atoms with Crippen molar-refractivity contribution >= 4 is 27.6 Å². The van der Waals surface area contributed by atoms with Crippen LogP contribution in [0.15, 0.2) is 85.1 Å². The van der Waals surface area contributed by atoms with E-state index >= 15 is 0 Å². The first-order valence-electron chi connectivity index (χ1n) is 25.2. The van der Waals surface area contributed by atoms with E-state index in [1.165, 1.54) is 38.5 Å². The van der Waals surface area contributed by atoms with Crippen LogP contribution in [0.1, 0.15) is 162 Å². The summed E-state index contributed by atoms with van der Waals surface area (Å²) in [5, 5.41) is 51.6. The van der Waals surface area contributed by atoms with Crippen molar-refractivity contribution in [2.75, 3.05) is 13.2 Å². The van der Waals surface area contributed by atoms with Crippen LogP contribution in [0.25, 0.3) is 0 Å². The molecule has 17 nitrogen and oxygen atoms in total. The van der Waals surface area contributed by atoms with Crippen molar-refractivity contribution in [2.45, 2.75) is 210 Å². The maximum Gasteiger partial charge on any atom is 0.472 e. The Morgan fingerprint density at radius 1 is 0.543 bits per heavy atom. The van der Waals surface area contributed by atoms with Gasteiger partial charge in [0, 0.05) is 12.8 Å². The Morgan fingerprint density at radius 2 is 1.07 bits per heavy atom. The van der Waals surface area contributed by atoms with Gasteiger partial charge in [-0.3, -0.25) is 23.2 Å². The Hall–Kier alpha value is -2.86. The molecule has 1 fully saturated rings. The molecule has 70 heavy (non-hydrogen) atoms. The summed E-state index contributed by atoms with van der Waals surface area (Å²) >= 11 is 0. The first kappa shape index (κ1) is 65.2. The van der Waals surface area contributed by atoms with Gasteiger partial charge in [-0.05, 0) is 70.6 Å². The number of carbonyl (C=O) groups is 2. The molecular weight excluding hydrogens is 946 g/mol. The third-order valence-electron chi connectivity index (χ3n) is 11.0. The van der Waals surface area contributed by atoms with Crippen LogP contribution in [-0.2, 0) is 41.8 Å². The molecule has 0 aromatic carbocycles. The molecule has 1 rings (SSSR count). The van der Waals surface area contributed by atoms with Gasteiger partial charge in [0.2, 0.25) is 0 Å². The topological polar surface area (TPSA) is 276 Å². The van der Waals surface area contributed by atoms with E-state index < -0.39 is 89.6 Å². The number of aliphatic hydroxyl groups is 5. The van der Waals surface area contributed by atoms with Gasteiger partial charge in [-0.2, -0.15) is 0 Å². The van der Waals surface area contributed by atoms with Crippen molar-refractivity contribution in [1.82, 2.24) is 0 Å². The van der Waals surface area contributed by atoms with Crippen molar-refractivity contribution in [2.24, 2.45) is 0 Å². The Balaban J connectivity index is 2.66. The third-order valence-corrected chi connectivity index (χ3v) is 12.6. The smallest absolute Gasteiger partial charge is 0.462 e. The lowest BCUT2D eigenvalue weighted by Crippen LogP contribution is -2.64. The van der Waals surface area contributed by atoms with E-state index in [9.17, 15) is 58.9 Å². The summed E-state index contributed by atoms with van der Waals surface area (Å²) in [6.45, 7) is 2.85. The minimum Gasteiger partial charge on any atom is -0.462 e. The van der Waals surface area contributed by atoms with Crippen LogP contribution in [0.2, 0.25) is 0 Å². The van der Waals surface area contributed by atoms with Gasteiger partial charge in [0.15, 0.2) is 6.10 Å². The molecule has 1 aliphatic rings. The largest absolute Gasteiger partial charge is 0.472 e. The van der Waals surface area contributed by atoms with Gasteiger partial charge in [-0.15, -0.1) is 0 Å². The predicted octanol–water partition coefficient (Wildman–Crippen LogP) is 9.15. The maximum absolute atomic E-state index is 13.0. The summed E-state index contributed by atoms with van der Waals surface area (Å²) in [6.07, 6.45) is 32.7. The quantitative estimate of drug-likeness (QED) is 0.00932. The van der Waals surface area contributed by atoms with Crippen molar-refractivity contribution < 1.29 is 82.0 Å². The molecule has 19 heteroatoms. The highest BCUT2D eigenvalue weighted by Crippen LogP contribution is 2.49. The Kier molecular flexibility index (Phi) is 37.8. The number of ether oxygens (including phenoxy) is 2. The number of allylic oxidation sites excluding steroid dienone is 12. The van der Waals surface area contributed by atoms with Gasteiger partial charge in [0.05, 0.1) is 12.7 Å². The molecule has 0 aliphatic heterocycles. The van der Waals surface area contributed by atoms with E-state index in [4.69, 9.17) is 18.5 Å². The normalized spacial score (nSPS) is 22.1. The molecule has 0 aromatic heterocycles. The number of hydrogen-bond acceptors (Lipinski definition) is 14. The molecule has 402 valence electrons. The zero-order chi connectivity index (χ0) is 51.9. The zero-order valence-electron chi connectivity index (χ0n) is 41.5. The van der Waals surface area contributed by atoms with Crippen LogP contribution in [-0.4, -0.2) is 114 Å². The van der Waals surface area contributed by atoms with Gasteiger partial charge < -0.3 is 49.7 Å². The highest BCUT2D eigenvalue weighted by atomic mass is 31.2. The highest BCUT2D eigenvalue weighted by molar-refractivity contribution is 7.47. The molecule has 8 N–H and O–H groups in total. The van der Waals surface area contributed by atoms with E-state index in [0.29, 0.717) is 6.42 Å². The lowest BCUT2D eigenvalue weighted by Gasteiger charge is -2.43. The second kappa shape index (κ2) is 40.6. The zero-order valence-corrected chi connectivity index (χ0v) is 43.3. The van der Waals surface area contributed by atoms with Crippen molar-refractivity contribution in [3.8, 4) is 0 Å². The number of phosphoric acid groups is 2. The third kappa shape index (κ3) is 34.5.